The van der Waals surface area contributed by atoms with Crippen LogP contribution in [0.1, 0.15) is 42.3 Å². The Hall–Kier alpha value is -3.30. The molecule has 0 fully saturated rings. The van der Waals surface area contributed by atoms with Gasteiger partial charge < -0.3 is 19.5 Å². The Bertz CT molecular complexity index is 942. The van der Waals surface area contributed by atoms with Crippen molar-refractivity contribution in [1.29, 1.82) is 0 Å². The summed E-state index contributed by atoms with van der Waals surface area (Å²) in [4.78, 5) is 27.8. The molecule has 7 nitrogen and oxygen atoms in total. The van der Waals surface area contributed by atoms with Gasteiger partial charge >= 0.3 is 18.2 Å². The van der Waals surface area contributed by atoms with Crippen LogP contribution in [-0.4, -0.2) is 42.4 Å². The number of rotatable bonds is 7. The summed E-state index contributed by atoms with van der Waals surface area (Å²) in [5.74, 6) is -0.372. The van der Waals surface area contributed by atoms with E-state index < -0.39 is 35.4 Å². The number of esters is 1. The third-order valence-corrected chi connectivity index (χ3v) is 4.04. The number of nitrogens with one attached hydrogen (secondary N) is 1. The Morgan fingerprint density at radius 1 is 1.12 bits per heavy atom. The average molecular weight is 454 g/mol. The molecule has 0 saturated carbocycles. The highest BCUT2D eigenvalue weighted by atomic mass is 19.4. The number of ether oxygens (including phenoxy) is 3. The summed E-state index contributed by atoms with van der Waals surface area (Å²) in [6.07, 6.45) is -2.51. The zero-order chi connectivity index (χ0) is 23.9. The molecule has 1 N–H and O–H groups in total. The number of pyridine rings is 1. The predicted octanol–water partition coefficient (Wildman–Crippen LogP) is 4.40. The third kappa shape index (κ3) is 8.09. The van der Waals surface area contributed by atoms with E-state index in [9.17, 15) is 22.8 Å². The number of benzene rings is 1. The highest BCUT2D eigenvalue weighted by Gasteiger charge is 2.30. The van der Waals surface area contributed by atoms with Crippen LogP contribution in [0, 0.1) is 0 Å². The number of amides is 1. The maximum atomic E-state index is 13.0. The zero-order valence-electron chi connectivity index (χ0n) is 18.2. The molecule has 0 aliphatic heterocycles. The van der Waals surface area contributed by atoms with Crippen LogP contribution in [0.4, 0.5) is 18.0 Å². The van der Waals surface area contributed by atoms with Gasteiger partial charge in [0.1, 0.15) is 18.0 Å². The second kappa shape index (κ2) is 10.3. The lowest BCUT2D eigenvalue weighted by Gasteiger charge is -2.24. The second-order valence-corrected chi connectivity index (χ2v) is 7.96. The van der Waals surface area contributed by atoms with Crippen LogP contribution in [0.2, 0.25) is 0 Å². The van der Waals surface area contributed by atoms with Crippen molar-refractivity contribution in [1.82, 2.24) is 10.3 Å². The van der Waals surface area contributed by atoms with Gasteiger partial charge in [0.2, 0.25) is 0 Å². The molecule has 0 unspecified atom stereocenters. The molecular weight excluding hydrogens is 429 g/mol. The first-order valence-electron chi connectivity index (χ1n) is 9.69. The fourth-order valence-corrected chi connectivity index (χ4v) is 2.71. The summed E-state index contributed by atoms with van der Waals surface area (Å²) in [6.45, 7) is 4.96. The van der Waals surface area contributed by atoms with E-state index >= 15 is 0 Å². The molecule has 0 spiro atoms. The monoisotopic (exact) mass is 454 g/mol. The highest BCUT2D eigenvalue weighted by molar-refractivity contribution is 5.89. The molecule has 0 saturated heterocycles. The number of hydrogen-bond acceptors (Lipinski definition) is 6. The minimum atomic E-state index is -4.49. The number of carbonyl (C=O) groups excluding carboxylic acids is 2. The number of aromatic nitrogens is 1. The molecule has 1 atom stereocenters. The molecule has 0 bridgehead atoms. The number of hydrogen-bond donors (Lipinski definition) is 1. The molecule has 1 aromatic carbocycles. The van der Waals surface area contributed by atoms with E-state index in [2.05, 4.69) is 15.0 Å². The highest BCUT2D eigenvalue weighted by Crippen LogP contribution is 2.29. The lowest BCUT2D eigenvalue weighted by atomic mass is 10.0. The van der Waals surface area contributed by atoms with Gasteiger partial charge in [0.25, 0.3) is 0 Å². The smallest absolute Gasteiger partial charge is 0.416 e. The Labute approximate surface area is 183 Å². The fourth-order valence-electron chi connectivity index (χ4n) is 2.71. The lowest BCUT2D eigenvalue weighted by molar-refractivity contribution is -0.137. The fraction of sp³-hybridized carbons (Fsp3) is 0.409. The molecule has 0 aliphatic carbocycles. The Morgan fingerprint density at radius 2 is 1.84 bits per heavy atom. The van der Waals surface area contributed by atoms with Crippen molar-refractivity contribution in [2.24, 2.45) is 0 Å². The van der Waals surface area contributed by atoms with E-state index in [4.69, 9.17) is 9.47 Å². The summed E-state index contributed by atoms with van der Waals surface area (Å²) in [7, 11) is 1.23. The Morgan fingerprint density at radius 3 is 2.47 bits per heavy atom. The normalized spacial score (nSPS) is 12.6. The van der Waals surface area contributed by atoms with Crippen molar-refractivity contribution in [2.45, 2.75) is 45.0 Å². The number of carbonyl (C=O) groups is 2. The summed E-state index contributed by atoms with van der Waals surface area (Å²) < 4.78 is 54.6. The van der Waals surface area contributed by atoms with Crippen LogP contribution in [0.3, 0.4) is 0 Å². The van der Waals surface area contributed by atoms with Crippen molar-refractivity contribution in [3.63, 3.8) is 0 Å². The number of nitrogens with zero attached hydrogens (tertiary/aromatic N) is 1. The zero-order valence-corrected chi connectivity index (χ0v) is 18.2. The standard InChI is InChI=1S/C22H25F3N2O5/c1-21(2,3)32-20(29)27-17(9-14-6-5-7-16(8-14)22(23,24)25)13-31-18-10-15(11-26-12-18)19(28)30-4/h5-8,10-12,17H,9,13H2,1-4H3,(H,27,29)/t17-/m1/s1. The first-order chi connectivity index (χ1) is 14.9. The lowest BCUT2D eigenvalue weighted by Crippen LogP contribution is -2.43. The van der Waals surface area contributed by atoms with Crippen LogP contribution >= 0.6 is 0 Å². The van der Waals surface area contributed by atoms with Gasteiger partial charge in [-0.2, -0.15) is 13.2 Å². The molecule has 2 rings (SSSR count). The van der Waals surface area contributed by atoms with Crippen molar-refractivity contribution in [3.8, 4) is 5.75 Å². The average Bonchev–Trinajstić information content (AvgIpc) is 2.70. The van der Waals surface area contributed by atoms with Crippen molar-refractivity contribution in [3.05, 3.63) is 59.4 Å². The molecule has 32 heavy (non-hydrogen) atoms. The van der Waals surface area contributed by atoms with Crippen molar-refractivity contribution < 1.29 is 37.0 Å². The number of halogens is 3. The number of alkyl carbamates (subject to hydrolysis) is 1. The summed E-state index contributed by atoms with van der Waals surface area (Å²) >= 11 is 0. The summed E-state index contributed by atoms with van der Waals surface area (Å²) in [5, 5.41) is 2.62. The van der Waals surface area contributed by atoms with Crippen LogP contribution in [-0.2, 0) is 22.1 Å². The Kier molecular flexibility index (Phi) is 8.07. The minimum Gasteiger partial charge on any atom is -0.490 e. The summed E-state index contributed by atoms with van der Waals surface area (Å²) in [6, 6.07) is 5.50. The molecule has 1 heterocycles. The van der Waals surface area contributed by atoms with Crippen LogP contribution < -0.4 is 10.1 Å². The van der Waals surface area contributed by atoms with E-state index in [1.54, 1.807) is 20.8 Å². The maximum absolute atomic E-state index is 13.0. The molecule has 0 radical (unpaired) electrons. The van der Waals surface area contributed by atoms with Gasteiger partial charge in [-0.15, -0.1) is 0 Å². The van der Waals surface area contributed by atoms with Gasteiger partial charge in [0.15, 0.2) is 0 Å². The molecule has 10 heteroatoms. The van der Waals surface area contributed by atoms with Gasteiger partial charge in [-0.1, -0.05) is 18.2 Å². The topological polar surface area (TPSA) is 86.8 Å². The summed E-state index contributed by atoms with van der Waals surface area (Å²) in [5.41, 5.74) is -1.03. The molecular formula is C22H25F3N2O5. The van der Waals surface area contributed by atoms with E-state index in [-0.39, 0.29) is 24.3 Å². The number of methoxy groups -OCH3 is 1. The van der Waals surface area contributed by atoms with Gasteiger partial charge in [0.05, 0.1) is 30.5 Å². The van der Waals surface area contributed by atoms with Gasteiger partial charge in [0, 0.05) is 6.20 Å². The van der Waals surface area contributed by atoms with E-state index in [1.165, 1.54) is 37.7 Å². The molecule has 174 valence electrons. The van der Waals surface area contributed by atoms with Crippen molar-refractivity contribution >= 4 is 12.1 Å². The first kappa shape index (κ1) is 25.0. The minimum absolute atomic E-state index is 0.0489. The van der Waals surface area contributed by atoms with Crippen molar-refractivity contribution in [2.75, 3.05) is 13.7 Å². The Balaban J connectivity index is 2.18. The van der Waals surface area contributed by atoms with Crippen LogP contribution in [0.25, 0.3) is 0 Å². The molecule has 1 amide bonds. The maximum Gasteiger partial charge on any atom is 0.416 e. The molecule has 2 aromatic rings. The SMILES string of the molecule is COC(=O)c1cncc(OC[C@@H](Cc2cccc(C(F)(F)F)c2)NC(=O)OC(C)(C)C)c1. The van der Waals surface area contributed by atoms with E-state index in [1.807, 2.05) is 0 Å². The van der Waals surface area contributed by atoms with Gasteiger partial charge in [-0.05, 0) is 44.9 Å². The van der Waals surface area contributed by atoms with Gasteiger partial charge in [-0.3, -0.25) is 4.98 Å². The van der Waals surface area contributed by atoms with Gasteiger partial charge in [-0.25, -0.2) is 9.59 Å². The second-order valence-electron chi connectivity index (χ2n) is 7.96. The van der Waals surface area contributed by atoms with Crippen LogP contribution in [0.15, 0.2) is 42.7 Å². The quantitative estimate of drug-likeness (QED) is 0.624. The largest absolute Gasteiger partial charge is 0.490 e. The number of alkyl halides is 3. The predicted molar refractivity (Wildman–Crippen MR) is 109 cm³/mol. The van der Waals surface area contributed by atoms with Crippen LogP contribution in [0.5, 0.6) is 5.75 Å². The first-order valence-corrected chi connectivity index (χ1v) is 9.69. The van der Waals surface area contributed by atoms with E-state index in [0.717, 1.165) is 12.1 Å². The molecule has 1 aromatic heterocycles. The van der Waals surface area contributed by atoms with E-state index in [0.29, 0.717) is 5.56 Å². The molecule has 0 aliphatic rings. The third-order valence-electron chi connectivity index (χ3n) is 4.04.